The van der Waals surface area contributed by atoms with Gasteiger partial charge in [-0.3, -0.25) is 14.5 Å². The van der Waals surface area contributed by atoms with E-state index >= 15 is 0 Å². The minimum absolute atomic E-state index is 0.0265. The second kappa shape index (κ2) is 11.3. The normalized spacial score (nSPS) is 30.2. The Labute approximate surface area is 204 Å². The van der Waals surface area contributed by atoms with Crippen LogP contribution in [0.15, 0.2) is 30.3 Å². The fraction of sp³-hybridized carbons (Fsp3) is 0.667. The zero-order valence-corrected chi connectivity index (χ0v) is 20.7. The van der Waals surface area contributed by atoms with Crippen LogP contribution in [0.4, 0.5) is 0 Å². The van der Waals surface area contributed by atoms with Gasteiger partial charge in [-0.25, -0.2) is 0 Å². The van der Waals surface area contributed by atoms with Crippen molar-refractivity contribution in [1.29, 1.82) is 5.26 Å². The summed E-state index contributed by atoms with van der Waals surface area (Å²) >= 11 is 0. The van der Waals surface area contributed by atoms with Crippen molar-refractivity contribution in [2.45, 2.75) is 83.1 Å². The predicted octanol–water partition coefficient (Wildman–Crippen LogP) is 2.77. The minimum Gasteiger partial charge on any atom is -0.339 e. The van der Waals surface area contributed by atoms with E-state index in [1.165, 1.54) is 5.56 Å². The van der Waals surface area contributed by atoms with Gasteiger partial charge in [0.15, 0.2) is 0 Å². The van der Waals surface area contributed by atoms with Gasteiger partial charge >= 0.3 is 0 Å². The molecule has 7 heteroatoms. The molecule has 34 heavy (non-hydrogen) atoms. The van der Waals surface area contributed by atoms with Gasteiger partial charge in [0, 0.05) is 50.2 Å². The van der Waals surface area contributed by atoms with Crippen LogP contribution in [-0.2, 0) is 16.1 Å². The number of rotatable bonds is 6. The fourth-order valence-corrected chi connectivity index (χ4v) is 5.98. The molecule has 3 aliphatic rings. The van der Waals surface area contributed by atoms with Gasteiger partial charge in [-0.1, -0.05) is 30.3 Å². The maximum absolute atomic E-state index is 13.3. The second-order valence-electron chi connectivity index (χ2n) is 10.4. The van der Waals surface area contributed by atoms with Crippen LogP contribution in [0, 0.1) is 17.2 Å². The molecule has 2 amide bonds. The van der Waals surface area contributed by atoms with Crippen molar-refractivity contribution in [2.24, 2.45) is 5.92 Å². The van der Waals surface area contributed by atoms with E-state index in [-0.39, 0.29) is 23.9 Å². The third kappa shape index (κ3) is 5.79. The number of nitrogens with one attached hydrogen (secondary N) is 1. The fourth-order valence-electron chi connectivity index (χ4n) is 5.98. The number of carbonyl (C=O) groups is 2. The lowest BCUT2D eigenvalue weighted by molar-refractivity contribution is -0.141. The Morgan fingerprint density at radius 2 is 1.71 bits per heavy atom. The lowest BCUT2D eigenvalue weighted by Gasteiger charge is -2.45. The molecule has 4 rings (SSSR count). The highest BCUT2D eigenvalue weighted by Crippen LogP contribution is 2.28. The summed E-state index contributed by atoms with van der Waals surface area (Å²) < 4.78 is 0. The molecule has 2 saturated heterocycles. The summed E-state index contributed by atoms with van der Waals surface area (Å²) in [6.45, 7) is 7.95. The van der Waals surface area contributed by atoms with E-state index in [9.17, 15) is 14.9 Å². The number of piperazine rings is 1. The average Bonchev–Trinajstić information content (AvgIpc) is 3.34. The zero-order chi connectivity index (χ0) is 24.1. The van der Waals surface area contributed by atoms with Gasteiger partial charge in [0.1, 0.15) is 6.04 Å². The molecule has 2 heterocycles. The van der Waals surface area contributed by atoms with Gasteiger partial charge < -0.3 is 15.1 Å². The van der Waals surface area contributed by atoms with Crippen LogP contribution in [0.5, 0.6) is 0 Å². The van der Waals surface area contributed by atoms with Gasteiger partial charge in [-0.05, 0) is 57.9 Å². The quantitative estimate of drug-likeness (QED) is 0.699. The highest BCUT2D eigenvalue weighted by molar-refractivity contribution is 5.80. The van der Waals surface area contributed by atoms with Gasteiger partial charge in [0.2, 0.25) is 11.8 Å². The van der Waals surface area contributed by atoms with Crippen molar-refractivity contribution in [3.05, 3.63) is 35.9 Å². The number of benzene rings is 1. The third-order valence-electron chi connectivity index (χ3n) is 7.96. The largest absolute Gasteiger partial charge is 0.339 e. The summed E-state index contributed by atoms with van der Waals surface area (Å²) in [5.74, 6) is 0.426. The zero-order valence-electron chi connectivity index (χ0n) is 20.7. The molecule has 0 spiro atoms. The number of hydrogen-bond acceptors (Lipinski definition) is 5. The number of nitrogens with zero attached hydrogens (tertiary/aromatic N) is 4. The molecular weight excluding hydrogens is 426 g/mol. The Balaban J connectivity index is 1.21. The van der Waals surface area contributed by atoms with Gasteiger partial charge in [0.05, 0.1) is 12.6 Å². The molecule has 2 aliphatic heterocycles. The number of amides is 2. The number of hydrogen-bond donors (Lipinski definition) is 1. The first-order valence-corrected chi connectivity index (χ1v) is 13.0. The lowest BCUT2D eigenvalue weighted by Crippen LogP contribution is -2.58. The summed E-state index contributed by atoms with van der Waals surface area (Å²) in [5.41, 5.74) is 1.32. The molecule has 2 unspecified atom stereocenters. The molecule has 3 fully saturated rings. The first kappa shape index (κ1) is 24.7. The molecule has 0 radical (unpaired) electrons. The highest BCUT2D eigenvalue weighted by Gasteiger charge is 2.36. The van der Waals surface area contributed by atoms with Gasteiger partial charge in [-0.15, -0.1) is 0 Å². The van der Waals surface area contributed by atoms with E-state index in [1.54, 1.807) is 4.90 Å². The monoisotopic (exact) mass is 465 g/mol. The third-order valence-corrected chi connectivity index (χ3v) is 7.96. The Hall–Kier alpha value is -2.43. The van der Waals surface area contributed by atoms with Crippen molar-refractivity contribution in [2.75, 3.05) is 26.2 Å². The average molecular weight is 466 g/mol. The molecule has 1 aromatic rings. The Kier molecular flexibility index (Phi) is 8.23. The second-order valence-corrected chi connectivity index (χ2v) is 10.4. The van der Waals surface area contributed by atoms with Gasteiger partial charge in [0.25, 0.3) is 0 Å². The number of nitriles is 1. The van der Waals surface area contributed by atoms with Crippen LogP contribution < -0.4 is 5.32 Å². The summed E-state index contributed by atoms with van der Waals surface area (Å²) in [6.07, 6.45) is 5.29. The standard InChI is InChI=1S/C27H39N5O2/c1-20-17-30(18-21(2)32(20)19-22-7-4-3-5-8-22)27(34)23-10-12-24(13-11-23)29-16-26(33)31-14-6-9-25(31)15-28/h3-5,7-8,20-21,23-25,29H,6,9-14,16-19H2,1-2H3/t20?,21?,23?,24?,25-/m0/s1. The van der Waals surface area contributed by atoms with Crippen molar-refractivity contribution in [3.8, 4) is 6.07 Å². The predicted molar refractivity (Wildman–Crippen MR) is 132 cm³/mol. The molecule has 1 aromatic carbocycles. The molecule has 7 nitrogen and oxygen atoms in total. The van der Waals surface area contributed by atoms with Crippen LogP contribution in [0.1, 0.15) is 57.9 Å². The van der Waals surface area contributed by atoms with Crippen molar-refractivity contribution in [3.63, 3.8) is 0 Å². The van der Waals surface area contributed by atoms with Crippen LogP contribution in [0.3, 0.4) is 0 Å². The Morgan fingerprint density at radius 1 is 1.03 bits per heavy atom. The van der Waals surface area contributed by atoms with Crippen LogP contribution >= 0.6 is 0 Å². The maximum atomic E-state index is 13.3. The summed E-state index contributed by atoms with van der Waals surface area (Å²) in [4.78, 5) is 32.1. The van der Waals surface area contributed by atoms with E-state index in [0.29, 0.717) is 31.1 Å². The maximum Gasteiger partial charge on any atom is 0.237 e. The molecule has 184 valence electrons. The van der Waals surface area contributed by atoms with Gasteiger partial charge in [-0.2, -0.15) is 5.26 Å². The van der Waals surface area contributed by atoms with Crippen molar-refractivity contribution < 1.29 is 9.59 Å². The molecule has 1 saturated carbocycles. The summed E-state index contributed by atoms with van der Waals surface area (Å²) in [5, 5.41) is 12.6. The van der Waals surface area contributed by atoms with E-state index in [4.69, 9.17) is 0 Å². The SMILES string of the molecule is CC1CN(C(=O)C2CCC(NCC(=O)N3CCC[C@H]3C#N)CC2)CC(C)N1Cc1ccccc1. The lowest BCUT2D eigenvalue weighted by atomic mass is 9.84. The van der Waals surface area contributed by atoms with Crippen LogP contribution in [0.2, 0.25) is 0 Å². The Morgan fingerprint density at radius 3 is 2.35 bits per heavy atom. The minimum atomic E-state index is -0.263. The molecule has 1 aliphatic carbocycles. The van der Waals surface area contributed by atoms with E-state index in [0.717, 1.165) is 58.2 Å². The summed E-state index contributed by atoms with van der Waals surface area (Å²) in [7, 11) is 0. The highest BCUT2D eigenvalue weighted by atomic mass is 16.2. The smallest absolute Gasteiger partial charge is 0.237 e. The molecule has 3 atom stereocenters. The van der Waals surface area contributed by atoms with Crippen molar-refractivity contribution >= 4 is 11.8 Å². The number of carbonyl (C=O) groups excluding carboxylic acids is 2. The first-order chi connectivity index (χ1) is 16.5. The Bertz CT molecular complexity index is 865. The van der Waals surface area contributed by atoms with Crippen molar-refractivity contribution in [1.82, 2.24) is 20.0 Å². The summed E-state index contributed by atoms with van der Waals surface area (Å²) in [6, 6.07) is 13.5. The molecule has 1 N–H and O–H groups in total. The van der Waals surface area contributed by atoms with E-state index in [2.05, 4.69) is 59.3 Å². The molecule has 0 bridgehead atoms. The van der Waals surface area contributed by atoms with Crippen LogP contribution in [-0.4, -0.2) is 76.9 Å². The molecule has 0 aromatic heterocycles. The van der Waals surface area contributed by atoms with E-state index in [1.807, 2.05) is 6.07 Å². The topological polar surface area (TPSA) is 79.7 Å². The number of likely N-dealkylation sites (tertiary alicyclic amines) is 1. The first-order valence-electron chi connectivity index (χ1n) is 13.0. The van der Waals surface area contributed by atoms with E-state index < -0.39 is 0 Å². The molecular formula is C27H39N5O2. The van der Waals surface area contributed by atoms with Crippen LogP contribution in [0.25, 0.3) is 0 Å².